The summed E-state index contributed by atoms with van der Waals surface area (Å²) in [7, 11) is 0. The molecular formula is C11H13N. The van der Waals surface area contributed by atoms with Crippen LogP contribution in [0.4, 0.5) is 5.69 Å². The lowest BCUT2D eigenvalue weighted by atomic mass is 10.0. The van der Waals surface area contributed by atoms with Crippen LogP contribution < -0.4 is 5.73 Å². The summed E-state index contributed by atoms with van der Waals surface area (Å²) in [6.07, 6.45) is 5.98. The van der Waals surface area contributed by atoms with Crippen molar-refractivity contribution in [3.05, 3.63) is 35.9 Å². The lowest BCUT2D eigenvalue weighted by Crippen LogP contribution is -1.91. The van der Waals surface area contributed by atoms with Crippen molar-refractivity contribution in [1.29, 1.82) is 0 Å². The van der Waals surface area contributed by atoms with Gasteiger partial charge in [0.1, 0.15) is 0 Å². The summed E-state index contributed by atoms with van der Waals surface area (Å²) >= 11 is 0. The van der Waals surface area contributed by atoms with E-state index in [4.69, 9.17) is 5.73 Å². The zero-order valence-corrected chi connectivity index (χ0v) is 7.09. The van der Waals surface area contributed by atoms with Crippen LogP contribution in [0.5, 0.6) is 0 Å². The zero-order valence-electron chi connectivity index (χ0n) is 7.09. The van der Waals surface area contributed by atoms with Gasteiger partial charge in [0.05, 0.1) is 0 Å². The summed E-state index contributed by atoms with van der Waals surface area (Å²) < 4.78 is 0. The van der Waals surface area contributed by atoms with Gasteiger partial charge in [-0.05, 0) is 30.9 Å². The van der Waals surface area contributed by atoms with Crippen LogP contribution in [0.1, 0.15) is 24.8 Å². The molecule has 0 spiro atoms. The first-order chi connectivity index (χ1) is 5.88. The molecule has 1 nitrogen and oxygen atoms in total. The highest BCUT2D eigenvalue weighted by atomic mass is 14.6. The Labute approximate surface area is 72.9 Å². The summed E-state index contributed by atoms with van der Waals surface area (Å²) in [5.74, 6) is 0. The summed E-state index contributed by atoms with van der Waals surface area (Å²) in [4.78, 5) is 0. The number of nitrogens with two attached hydrogens (primary N) is 1. The van der Waals surface area contributed by atoms with E-state index in [2.05, 4.69) is 12.1 Å². The highest BCUT2D eigenvalue weighted by Gasteiger charge is 2.08. The van der Waals surface area contributed by atoms with Crippen molar-refractivity contribution >= 4 is 11.3 Å². The monoisotopic (exact) mass is 159 g/mol. The van der Waals surface area contributed by atoms with Gasteiger partial charge in [0, 0.05) is 11.3 Å². The maximum absolute atomic E-state index is 5.86. The van der Waals surface area contributed by atoms with Gasteiger partial charge in [-0.3, -0.25) is 0 Å². The van der Waals surface area contributed by atoms with Crippen molar-refractivity contribution in [2.45, 2.75) is 19.3 Å². The Bertz CT molecular complexity index is 313. The van der Waals surface area contributed by atoms with E-state index in [-0.39, 0.29) is 0 Å². The van der Waals surface area contributed by atoms with Crippen LogP contribution in [0.2, 0.25) is 0 Å². The van der Waals surface area contributed by atoms with E-state index in [9.17, 15) is 0 Å². The first kappa shape index (κ1) is 7.41. The van der Waals surface area contributed by atoms with E-state index in [1.54, 1.807) is 0 Å². The smallest absolute Gasteiger partial charge is 0.0390 e. The third-order valence-corrected chi connectivity index (χ3v) is 2.35. The van der Waals surface area contributed by atoms with Gasteiger partial charge in [-0.1, -0.05) is 24.3 Å². The topological polar surface area (TPSA) is 26.0 Å². The van der Waals surface area contributed by atoms with Crippen molar-refractivity contribution in [3.8, 4) is 0 Å². The number of allylic oxidation sites excluding steroid dienone is 2. The molecule has 1 heteroatoms. The Morgan fingerprint density at radius 2 is 2.00 bits per heavy atom. The molecule has 0 saturated heterocycles. The van der Waals surface area contributed by atoms with Gasteiger partial charge in [0.15, 0.2) is 0 Å². The maximum Gasteiger partial charge on any atom is 0.0390 e. The quantitative estimate of drug-likeness (QED) is 0.626. The zero-order chi connectivity index (χ0) is 8.39. The highest BCUT2D eigenvalue weighted by Crippen LogP contribution is 2.30. The molecule has 1 aromatic rings. The standard InChI is InChI=1S/C11H13N/c12-11-8-4-3-7-10(11)9-5-1-2-6-9/h3-5,7-8H,1-2,6,12H2. The fourth-order valence-electron chi connectivity index (χ4n) is 1.70. The molecule has 1 aliphatic carbocycles. The molecule has 0 fully saturated rings. The molecule has 0 aliphatic heterocycles. The second-order valence-corrected chi connectivity index (χ2v) is 3.21. The number of hydrogen-bond acceptors (Lipinski definition) is 1. The predicted octanol–water partition coefficient (Wildman–Crippen LogP) is 2.84. The number of nitrogen functional groups attached to an aromatic ring is 1. The van der Waals surface area contributed by atoms with Crippen LogP contribution in [0.25, 0.3) is 5.57 Å². The maximum atomic E-state index is 5.86. The largest absolute Gasteiger partial charge is 0.398 e. The summed E-state index contributed by atoms with van der Waals surface area (Å²) in [6, 6.07) is 8.10. The van der Waals surface area contributed by atoms with Crippen LogP contribution in [-0.2, 0) is 0 Å². The lowest BCUT2D eigenvalue weighted by Gasteiger charge is -2.04. The molecule has 1 aromatic carbocycles. The van der Waals surface area contributed by atoms with E-state index in [1.165, 1.54) is 30.4 Å². The van der Waals surface area contributed by atoms with Crippen molar-refractivity contribution in [1.82, 2.24) is 0 Å². The summed E-state index contributed by atoms with van der Waals surface area (Å²) in [5.41, 5.74) is 9.42. The molecule has 2 rings (SSSR count). The van der Waals surface area contributed by atoms with E-state index < -0.39 is 0 Å². The van der Waals surface area contributed by atoms with Gasteiger partial charge in [-0.25, -0.2) is 0 Å². The lowest BCUT2D eigenvalue weighted by molar-refractivity contribution is 0.935. The molecule has 0 heterocycles. The van der Waals surface area contributed by atoms with E-state index >= 15 is 0 Å². The van der Waals surface area contributed by atoms with Crippen LogP contribution in [0.3, 0.4) is 0 Å². The number of rotatable bonds is 1. The van der Waals surface area contributed by atoms with Gasteiger partial charge in [0.25, 0.3) is 0 Å². The third kappa shape index (κ3) is 1.22. The van der Waals surface area contributed by atoms with Crippen molar-refractivity contribution < 1.29 is 0 Å². The minimum Gasteiger partial charge on any atom is -0.398 e. The Morgan fingerprint density at radius 1 is 1.17 bits per heavy atom. The Balaban J connectivity index is 2.39. The van der Waals surface area contributed by atoms with E-state index in [0.29, 0.717) is 0 Å². The molecule has 0 aromatic heterocycles. The van der Waals surface area contributed by atoms with E-state index in [1.807, 2.05) is 18.2 Å². The number of hydrogen-bond donors (Lipinski definition) is 1. The Kier molecular flexibility index (Phi) is 1.86. The van der Waals surface area contributed by atoms with Crippen LogP contribution in [0, 0.1) is 0 Å². The van der Waals surface area contributed by atoms with Gasteiger partial charge < -0.3 is 5.73 Å². The highest BCUT2D eigenvalue weighted by molar-refractivity contribution is 5.75. The summed E-state index contributed by atoms with van der Waals surface area (Å²) in [5, 5.41) is 0. The SMILES string of the molecule is Nc1ccccc1C1=CCCC1. The van der Waals surface area contributed by atoms with Gasteiger partial charge >= 0.3 is 0 Å². The first-order valence-corrected chi connectivity index (χ1v) is 4.42. The fourth-order valence-corrected chi connectivity index (χ4v) is 1.70. The van der Waals surface area contributed by atoms with Crippen LogP contribution in [0.15, 0.2) is 30.3 Å². The molecule has 0 amide bonds. The molecule has 0 unspecified atom stereocenters. The Morgan fingerprint density at radius 3 is 2.67 bits per heavy atom. The molecule has 0 bridgehead atoms. The second kappa shape index (κ2) is 3.02. The fraction of sp³-hybridized carbons (Fsp3) is 0.273. The third-order valence-electron chi connectivity index (χ3n) is 2.35. The van der Waals surface area contributed by atoms with Crippen LogP contribution >= 0.6 is 0 Å². The average Bonchev–Trinajstić information content (AvgIpc) is 2.57. The molecule has 0 radical (unpaired) electrons. The van der Waals surface area contributed by atoms with Crippen molar-refractivity contribution in [3.63, 3.8) is 0 Å². The molecule has 2 N–H and O–H groups in total. The van der Waals surface area contributed by atoms with Gasteiger partial charge in [0.2, 0.25) is 0 Å². The normalized spacial score (nSPS) is 16.2. The van der Waals surface area contributed by atoms with Gasteiger partial charge in [-0.15, -0.1) is 0 Å². The Hall–Kier alpha value is -1.24. The minimum atomic E-state index is 0.908. The molecule has 12 heavy (non-hydrogen) atoms. The first-order valence-electron chi connectivity index (χ1n) is 4.42. The predicted molar refractivity (Wildman–Crippen MR) is 52.7 cm³/mol. The minimum absolute atomic E-state index is 0.908. The van der Waals surface area contributed by atoms with Gasteiger partial charge in [-0.2, -0.15) is 0 Å². The second-order valence-electron chi connectivity index (χ2n) is 3.21. The number of para-hydroxylation sites is 1. The molecule has 62 valence electrons. The molecule has 0 atom stereocenters. The number of anilines is 1. The summed E-state index contributed by atoms with van der Waals surface area (Å²) in [6.45, 7) is 0. The van der Waals surface area contributed by atoms with E-state index in [0.717, 1.165) is 5.69 Å². The molecule has 0 saturated carbocycles. The molecular weight excluding hydrogens is 146 g/mol. The number of benzene rings is 1. The van der Waals surface area contributed by atoms with Crippen molar-refractivity contribution in [2.75, 3.05) is 5.73 Å². The van der Waals surface area contributed by atoms with Crippen LogP contribution in [-0.4, -0.2) is 0 Å². The van der Waals surface area contributed by atoms with Crippen molar-refractivity contribution in [2.24, 2.45) is 0 Å². The molecule has 1 aliphatic rings. The average molecular weight is 159 g/mol.